The molecule has 2 aliphatic heterocycles. The summed E-state index contributed by atoms with van der Waals surface area (Å²) in [7, 11) is 0. The van der Waals surface area contributed by atoms with Crippen molar-refractivity contribution in [3.63, 3.8) is 0 Å². The summed E-state index contributed by atoms with van der Waals surface area (Å²) in [6, 6.07) is 17.9. The highest BCUT2D eigenvalue weighted by Crippen LogP contribution is 2.29. The number of carbonyl (C=O) groups excluding carboxylic acids is 7. The average molecular weight is 1200 g/mol. The standard InChI is InChI=1S/C33H52N2O6.C22H35NO3.C11H19NO4.ClH/c1-22(2)18-26(34-30(39)24-14-16-35(17-15-24)31(40)41-33(6,7)8)27(36)20-25(19-23-12-10-9-11-13-23)29(38)28(37)21-32(3,4)5;1-15(2)11-18(23)19(24)13-17(12-16-9-7-6-8-10-16)21(26)20(25)14-22(3,4)5;1-11(2,3)16-10(15)12-6-4-8(5-7-12)9(13)14;/h9-13,22,24-26,29,38H,14-21H2,1-8H3,(H,34,39);6-10,15,17-18,21,26H,11-14,23H2,1-5H3;8H,4-7H2,1-3H3,(H,13,14);1H/t25?,26-,29?;17?,18-,21?;;/m00../s1. The summed E-state index contributed by atoms with van der Waals surface area (Å²) in [6.45, 7) is 32.4. The zero-order valence-corrected chi connectivity index (χ0v) is 54.5. The van der Waals surface area contributed by atoms with Crippen LogP contribution in [0.3, 0.4) is 0 Å². The quantitative estimate of drug-likeness (QED) is 0.0693. The number of benzene rings is 2. The maximum absolute atomic E-state index is 13.7. The third-order valence-corrected chi connectivity index (χ3v) is 14.1. The Morgan fingerprint density at radius 1 is 0.548 bits per heavy atom. The van der Waals surface area contributed by atoms with Crippen LogP contribution in [0.15, 0.2) is 60.7 Å². The van der Waals surface area contributed by atoms with Crippen LogP contribution >= 0.6 is 12.4 Å². The number of ether oxygens (including phenoxy) is 2. The number of aliphatic hydroxyl groups excluding tert-OH is 2. The molecule has 4 rings (SSSR count). The second kappa shape index (κ2) is 35.4. The summed E-state index contributed by atoms with van der Waals surface area (Å²) in [5, 5.41) is 33.6. The Kier molecular flexibility index (Phi) is 32.4. The number of likely N-dealkylation sites (tertiary alicyclic amines) is 2. The molecule has 2 aromatic carbocycles. The van der Waals surface area contributed by atoms with E-state index in [2.05, 4.69) is 5.32 Å². The van der Waals surface area contributed by atoms with E-state index in [9.17, 15) is 48.6 Å². The first-order valence-corrected chi connectivity index (χ1v) is 30.0. The first-order chi connectivity index (χ1) is 38.2. The minimum absolute atomic E-state index is 0. The number of rotatable bonds is 23. The topological polar surface area (TPSA) is 260 Å². The summed E-state index contributed by atoms with van der Waals surface area (Å²) in [6.07, 6.45) is 1.40. The van der Waals surface area contributed by atoms with E-state index in [-0.39, 0.29) is 108 Å². The molecule has 2 aliphatic rings. The van der Waals surface area contributed by atoms with Crippen molar-refractivity contribution in [3.8, 4) is 0 Å². The fraction of sp³-hybridized carbons (Fsp3) is 0.697. The van der Waals surface area contributed by atoms with Gasteiger partial charge in [-0.1, -0.05) is 130 Å². The van der Waals surface area contributed by atoms with Gasteiger partial charge in [-0.2, -0.15) is 0 Å². The zero-order chi connectivity index (χ0) is 63.2. The largest absolute Gasteiger partial charge is 0.481 e. The SMILES string of the molecule is CC(C)(C)OC(=O)N1CCC(C(=O)O)CC1.CC(C)C[C@H](N)C(=O)CC(Cc1ccccc1)C(O)C(=O)CC(C)(C)C.CC(C)C[C@H](NC(=O)C1CCN(C(=O)OC(C)(C)C)CC1)C(=O)CC(Cc1ccccc1)C(O)C(=O)CC(C)(C)C.Cl. The number of carboxylic acid groups (broad SMARTS) is 1. The maximum atomic E-state index is 13.7. The number of nitrogens with zero attached hydrogens (tertiary/aromatic N) is 2. The van der Waals surface area contributed by atoms with Crippen LogP contribution in [0, 0.1) is 46.3 Å². The van der Waals surface area contributed by atoms with Crippen molar-refractivity contribution in [2.24, 2.45) is 52.1 Å². The van der Waals surface area contributed by atoms with Crippen molar-refractivity contribution in [3.05, 3.63) is 71.8 Å². The molecule has 476 valence electrons. The van der Waals surface area contributed by atoms with Crippen molar-refractivity contribution in [1.82, 2.24) is 15.1 Å². The van der Waals surface area contributed by atoms with Gasteiger partial charge in [0.05, 0.1) is 18.0 Å². The van der Waals surface area contributed by atoms with Crippen LogP contribution in [-0.4, -0.2) is 134 Å². The molecule has 2 heterocycles. The lowest BCUT2D eigenvalue weighted by molar-refractivity contribution is -0.143. The molecule has 4 unspecified atom stereocenters. The van der Waals surface area contributed by atoms with Gasteiger partial charge in [0.25, 0.3) is 0 Å². The number of hydrogen-bond donors (Lipinski definition) is 5. The van der Waals surface area contributed by atoms with Gasteiger partial charge < -0.3 is 45.6 Å². The summed E-state index contributed by atoms with van der Waals surface area (Å²) in [5.41, 5.74) is 6.40. The van der Waals surface area contributed by atoms with Crippen LogP contribution in [0.25, 0.3) is 0 Å². The number of nitrogens with one attached hydrogen (secondary N) is 1. The van der Waals surface area contributed by atoms with Gasteiger partial charge in [0.1, 0.15) is 29.2 Å². The normalized spacial score (nSPS) is 16.6. The molecule has 84 heavy (non-hydrogen) atoms. The number of piperidine rings is 2. The maximum Gasteiger partial charge on any atom is 0.410 e. The second-order valence-electron chi connectivity index (χ2n) is 28.3. The third kappa shape index (κ3) is 31.2. The first kappa shape index (κ1) is 76.8. The van der Waals surface area contributed by atoms with E-state index in [1.807, 2.05) is 171 Å². The fourth-order valence-corrected chi connectivity index (χ4v) is 9.97. The van der Waals surface area contributed by atoms with Crippen LogP contribution in [0.5, 0.6) is 0 Å². The highest BCUT2D eigenvalue weighted by atomic mass is 35.5. The Morgan fingerprint density at radius 3 is 1.21 bits per heavy atom. The Bertz CT molecular complexity index is 2360. The molecule has 0 aliphatic carbocycles. The number of hydrogen-bond acceptors (Lipinski definition) is 13. The van der Waals surface area contributed by atoms with Crippen LogP contribution < -0.4 is 11.1 Å². The number of carbonyl (C=O) groups is 8. The van der Waals surface area contributed by atoms with Crippen molar-refractivity contribution in [2.75, 3.05) is 26.2 Å². The lowest BCUT2D eigenvalue weighted by Gasteiger charge is -2.33. The molecule has 6 N–H and O–H groups in total. The Labute approximate surface area is 509 Å². The van der Waals surface area contributed by atoms with Gasteiger partial charge in [-0.25, -0.2) is 9.59 Å². The molecule has 0 radical (unpaired) electrons. The van der Waals surface area contributed by atoms with Crippen LogP contribution in [0.1, 0.15) is 186 Å². The van der Waals surface area contributed by atoms with E-state index >= 15 is 0 Å². The number of carboxylic acids is 1. The monoisotopic (exact) mass is 1200 g/mol. The van der Waals surface area contributed by atoms with Gasteiger partial charge in [-0.15, -0.1) is 12.4 Å². The molecule has 2 saturated heterocycles. The van der Waals surface area contributed by atoms with Gasteiger partial charge in [0.15, 0.2) is 17.3 Å². The summed E-state index contributed by atoms with van der Waals surface area (Å²) < 4.78 is 10.7. The number of amides is 3. The van der Waals surface area contributed by atoms with E-state index in [0.29, 0.717) is 83.5 Å². The predicted octanol–water partition coefficient (Wildman–Crippen LogP) is 11.0. The molecule has 2 aromatic rings. The van der Waals surface area contributed by atoms with Crippen LogP contribution in [0.4, 0.5) is 9.59 Å². The number of aliphatic carboxylic acids is 1. The molecular weight excluding hydrogens is 1090 g/mol. The molecule has 3 amide bonds. The van der Waals surface area contributed by atoms with Crippen LogP contribution in [0.2, 0.25) is 0 Å². The lowest BCUT2D eigenvalue weighted by atomic mass is 9.81. The van der Waals surface area contributed by atoms with Gasteiger partial charge in [-0.05, 0) is 127 Å². The lowest BCUT2D eigenvalue weighted by Crippen LogP contribution is -2.49. The van der Waals surface area contributed by atoms with Gasteiger partial charge in [0.2, 0.25) is 5.91 Å². The minimum Gasteiger partial charge on any atom is -0.481 e. The summed E-state index contributed by atoms with van der Waals surface area (Å²) >= 11 is 0. The van der Waals surface area contributed by atoms with Crippen molar-refractivity contribution < 1.29 is 63.1 Å². The minimum atomic E-state index is -1.27. The van der Waals surface area contributed by atoms with E-state index in [0.717, 1.165) is 11.1 Å². The zero-order valence-electron chi connectivity index (χ0n) is 53.7. The molecule has 0 saturated carbocycles. The molecule has 0 aromatic heterocycles. The third-order valence-electron chi connectivity index (χ3n) is 14.1. The molecular formula is C66H107ClN4O13. The van der Waals surface area contributed by atoms with E-state index in [1.165, 1.54) is 0 Å². The number of ketones is 4. The molecule has 2 fully saturated rings. The number of Topliss-reactive ketones (excluding diaryl/α,β-unsaturated/α-hetero) is 4. The van der Waals surface area contributed by atoms with Crippen molar-refractivity contribution in [1.29, 1.82) is 0 Å². The van der Waals surface area contributed by atoms with Gasteiger partial charge in [-0.3, -0.25) is 28.8 Å². The molecule has 6 atom stereocenters. The Balaban J connectivity index is 0.000000697. The first-order valence-electron chi connectivity index (χ1n) is 30.0. The van der Waals surface area contributed by atoms with Gasteiger partial charge in [0, 0.05) is 69.6 Å². The summed E-state index contributed by atoms with van der Waals surface area (Å²) in [4.78, 5) is 103. The smallest absolute Gasteiger partial charge is 0.410 e. The number of aliphatic hydroxyl groups is 2. The molecule has 18 heteroatoms. The van der Waals surface area contributed by atoms with E-state index in [1.54, 1.807) is 9.80 Å². The highest BCUT2D eigenvalue weighted by molar-refractivity contribution is 5.91. The predicted molar refractivity (Wildman–Crippen MR) is 331 cm³/mol. The Hall–Kier alpha value is -5.23. The summed E-state index contributed by atoms with van der Waals surface area (Å²) in [5.74, 6) is -2.90. The van der Waals surface area contributed by atoms with E-state index < -0.39 is 53.3 Å². The van der Waals surface area contributed by atoms with Gasteiger partial charge >= 0.3 is 18.2 Å². The van der Waals surface area contributed by atoms with E-state index in [4.69, 9.17) is 20.3 Å². The molecule has 17 nitrogen and oxygen atoms in total. The number of nitrogens with two attached hydrogens (primary N) is 1. The highest BCUT2D eigenvalue weighted by Gasteiger charge is 2.37. The number of halogens is 1. The van der Waals surface area contributed by atoms with Crippen molar-refractivity contribution in [2.45, 2.75) is 223 Å². The Morgan fingerprint density at radius 2 is 0.893 bits per heavy atom. The van der Waals surface area contributed by atoms with Crippen molar-refractivity contribution >= 4 is 59.6 Å². The molecule has 0 bridgehead atoms. The molecule has 0 spiro atoms. The fourth-order valence-electron chi connectivity index (χ4n) is 9.97. The van der Waals surface area contributed by atoms with Crippen LogP contribution in [-0.2, 0) is 51.1 Å². The average Bonchev–Trinajstić information content (AvgIpc) is 3.51. The second-order valence-corrected chi connectivity index (χ2v) is 28.3.